The molecule has 0 bridgehead atoms. The van der Waals surface area contributed by atoms with E-state index >= 15 is 0 Å². The minimum Gasteiger partial charge on any atom is -0.371 e. The molecule has 1 aliphatic rings. The van der Waals surface area contributed by atoms with Crippen LogP contribution in [0.15, 0.2) is 4.99 Å². The Morgan fingerprint density at radius 3 is 1.33 bits per heavy atom. The molecular weight excluding hydrogens is 364 g/mol. The number of hydrogen-bond acceptors (Lipinski definition) is 2. The van der Waals surface area contributed by atoms with Crippen molar-refractivity contribution in [2.24, 2.45) is 15.8 Å². The van der Waals surface area contributed by atoms with Crippen LogP contribution in [0.2, 0.25) is 0 Å². The highest BCUT2D eigenvalue weighted by molar-refractivity contribution is 5.84. The predicted molar refractivity (Wildman–Crippen MR) is 137 cm³/mol. The largest absolute Gasteiger partial charge is 0.371 e. The zero-order valence-corrected chi connectivity index (χ0v) is 22.0. The quantitative estimate of drug-likeness (QED) is 0.247. The highest BCUT2D eigenvalue weighted by Crippen LogP contribution is 2.48. The smallest absolute Gasteiger partial charge is 0.0972 e. The Bertz CT molecular complexity index is 450. The van der Waals surface area contributed by atoms with E-state index in [0.29, 0.717) is 0 Å². The summed E-state index contributed by atoms with van der Waals surface area (Å²) in [4.78, 5) is 5.27. The molecule has 0 radical (unpaired) electrons. The van der Waals surface area contributed by atoms with Gasteiger partial charge in [0.25, 0.3) is 0 Å². The lowest BCUT2D eigenvalue weighted by Gasteiger charge is -2.48. The zero-order chi connectivity index (χ0) is 22.5. The van der Waals surface area contributed by atoms with Crippen LogP contribution in [0, 0.1) is 10.8 Å². The van der Waals surface area contributed by atoms with Crippen molar-refractivity contribution in [2.45, 2.75) is 157 Å². The topological polar surface area (TPSA) is 24.4 Å². The lowest BCUT2D eigenvalue weighted by atomic mass is 9.60. The molecule has 1 N–H and O–H groups in total. The number of unbranched alkanes of at least 4 members (excludes halogenated alkanes) is 14. The van der Waals surface area contributed by atoms with Crippen molar-refractivity contribution < 1.29 is 0 Å². The van der Waals surface area contributed by atoms with Crippen LogP contribution in [0.25, 0.3) is 0 Å². The molecule has 0 fully saturated rings. The third kappa shape index (κ3) is 9.31. The van der Waals surface area contributed by atoms with Crippen LogP contribution in [0.5, 0.6) is 0 Å². The van der Waals surface area contributed by atoms with Crippen LogP contribution < -0.4 is 5.32 Å². The Morgan fingerprint density at radius 1 is 0.633 bits per heavy atom. The van der Waals surface area contributed by atoms with Gasteiger partial charge in [0.2, 0.25) is 0 Å². The van der Waals surface area contributed by atoms with Crippen LogP contribution in [0.1, 0.15) is 151 Å². The lowest BCUT2D eigenvalue weighted by Crippen LogP contribution is -2.54. The van der Waals surface area contributed by atoms with E-state index in [1.807, 2.05) is 0 Å². The molecule has 0 amide bonds. The summed E-state index contributed by atoms with van der Waals surface area (Å²) in [5.74, 6) is 1.26. The maximum atomic E-state index is 5.27. The molecule has 0 aromatic heterocycles. The first kappa shape index (κ1) is 27.5. The monoisotopic (exact) mass is 420 g/mol. The Hall–Kier alpha value is -0.530. The fourth-order valence-corrected chi connectivity index (χ4v) is 5.34. The van der Waals surface area contributed by atoms with Crippen LogP contribution in [-0.4, -0.2) is 17.9 Å². The van der Waals surface area contributed by atoms with E-state index in [-0.39, 0.29) is 16.4 Å². The Balaban J connectivity index is 2.05. The van der Waals surface area contributed by atoms with Gasteiger partial charge in [-0.15, -0.1) is 0 Å². The van der Waals surface area contributed by atoms with Crippen molar-refractivity contribution in [3.8, 4) is 0 Å². The molecular formula is C28H56N2. The van der Waals surface area contributed by atoms with Gasteiger partial charge < -0.3 is 5.32 Å². The molecule has 1 aliphatic heterocycles. The molecule has 1 rings (SSSR count). The van der Waals surface area contributed by atoms with E-state index < -0.39 is 0 Å². The van der Waals surface area contributed by atoms with Gasteiger partial charge in [0, 0.05) is 13.0 Å². The first-order valence-corrected chi connectivity index (χ1v) is 13.5. The fourth-order valence-electron chi connectivity index (χ4n) is 5.34. The maximum Gasteiger partial charge on any atom is 0.0972 e. The number of amidine groups is 1. The summed E-state index contributed by atoms with van der Waals surface area (Å²) in [5, 5.41) is 3.66. The molecule has 1 heterocycles. The summed E-state index contributed by atoms with van der Waals surface area (Å²) in [6, 6.07) is 0. The second-order valence-electron chi connectivity index (χ2n) is 12.0. The molecule has 0 saturated heterocycles. The first-order chi connectivity index (χ1) is 14.1. The Labute approximate surface area is 190 Å². The molecule has 178 valence electrons. The molecule has 2 heteroatoms. The molecule has 0 aliphatic carbocycles. The van der Waals surface area contributed by atoms with Crippen LogP contribution in [0.4, 0.5) is 0 Å². The number of nitrogens with one attached hydrogen (secondary N) is 1. The van der Waals surface area contributed by atoms with Gasteiger partial charge in [0.1, 0.15) is 0 Å². The SMILES string of the molecule is CCCCCCCCCCCCCCCCCC1=NC(C(C)(C)C)(C(C)(C)C)CN1. The highest BCUT2D eigenvalue weighted by atomic mass is 15.2. The molecule has 0 spiro atoms. The average molecular weight is 421 g/mol. The standard InChI is InChI=1S/C28H56N2/c1-8-9-10-11-12-13-14-15-16-17-18-19-20-21-22-23-25-29-24-28(30-25,26(2,3)4)27(5,6)7/h8-24H2,1-7H3,(H,29,30). The third-order valence-corrected chi connectivity index (χ3v) is 7.37. The highest BCUT2D eigenvalue weighted by Gasteiger charge is 2.52. The lowest BCUT2D eigenvalue weighted by molar-refractivity contribution is 0.0748. The molecule has 0 unspecified atom stereocenters. The summed E-state index contributed by atoms with van der Waals surface area (Å²) in [6.45, 7) is 17.4. The second kappa shape index (κ2) is 13.8. The molecule has 30 heavy (non-hydrogen) atoms. The minimum absolute atomic E-state index is 0.00480. The van der Waals surface area contributed by atoms with Crippen molar-refractivity contribution in [1.29, 1.82) is 0 Å². The van der Waals surface area contributed by atoms with Crippen molar-refractivity contribution >= 4 is 5.84 Å². The summed E-state index contributed by atoms with van der Waals surface area (Å²) >= 11 is 0. The van der Waals surface area contributed by atoms with Gasteiger partial charge in [-0.05, 0) is 17.3 Å². The number of nitrogens with zero attached hydrogens (tertiary/aromatic N) is 1. The first-order valence-electron chi connectivity index (χ1n) is 13.5. The van der Waals surface area contributed by atoms with Gasteiger partial charge in [0.05, 0.1) is 11.4 Å². The van der Waals surface area contributed by atoms with Gasteiger partial charge in [-0.3, -0.25) is 4.99 Å². The average Bonchev–Trinajstić information content (AvgIpc) is 3.11. The van der Waals surface area contributed by atoms with E-state index in [0.717, 1.165) is 13.0 Å². The summed E-state index contributed by atoms with van der Waals surface area (Å²) in [7, 11) is 0. The normalized spacial score (nSPS) is 16.6. The van der Waals surface area contributed by atoms with E-state index in [9.17, 15) is 0 Å². The van der Waals surface area contributed by atoms with Crippen LogP contribution >= 0.6 is 0 Å². The predicted octanol–water partition coefficient (Wildman–Crippen LogP) is 9.08. The Kier molecular flexibility index (Phi) is 12.6. The number of aliphatic imine (C=N–C) groups is 1. The zero-order valence-electron chi connectivity index (χ0n) is 22.0. The van der Waals surface area contributed by atoms with Gasteiger partial charge >= 0.3 is 0 Å². The minimum atomic E-state index is 0.00480. The number of rotatable bonds is 16. The molecule has 2 nitrogen and oxygen atoms in total. The second-order valence-corrected chi connectivity index (χ2v) is 12.0. The molecule has 0 aromatic carbocycles. The van der Waals surface area contributed by atoms with Gasteiger partial charge in [-0.2, -0.15) is 0 Å². The molecule has 0 saturated carbocycles. The van der Waals surface area contributed by atoms with Crippen molar-refractivity contribution in [3.63, 3.8) is 0 Å². The molecule has 0 atom stereocenters. The van der Waals surface area contributed by atoms with E-state index in [1.165, 1.54) is 102 Å². The summed E-state index contributed by atoms with van der Waals surface area (Å²) in [5.41, 5.74) is 0.356. The van der Waals surface area contributed by atoms with Crippen molar-refractivity contribution in [1.82, 2.24) is 5.32 Å². The van der Waals surface area contributed by atoms with Crippen LogP contribution in [-0.2, 0) is 0 Å². The number of hydrogen-bond donors (Lipinski definition) is 1. The van der Waals surface area contributed by atoms with E-state index in [1.54, 1.807) is 0 Å². The third-order valence-electron chi connectivity index (χ3n) is 7.37. The van der Waals surface area contributed by atoms with Gasteiger partial charge in [-0.1, -0.05) is 138 Å². The van der Waals surface area contributed by atoms with E-state index in [2.05, 4.69) is 53.8 Å². The van der Waals surface area contributed by atoms with Crippen molar-refractivity contribution in [3.05, 3.63) is 0 Å². The van der Waals surface area contributed by atoms with Crippen molar-refractivity contribution in [2.75, 3.05) is 6.54 Å². The molecule has 0 aromatic rings. The van der Waals surface area contributed by atoms with E-state index in [4.69, 9.17) is 4.99 Å². The van der Waals surface area contributed by atoms with Gasteiger partial charge in [-0.25, -0.2) is 0 Å². The van der Waals surface area contributed by atoms with Gasteiger partial charge in [0.15, 0.2) is 0 Å². The van der Waals surface area contributed by atoms with Crippen LogP contribution in [0.3, 0.4) is 0 Å². The summed E-state index contributed by atoms with van der Waals surface area (Å²) in [6.07, 6.45) is 22.5. The fraction of sp³-hybridized carbons (Fsp3) is 0.964. The Morgan fingerprint density at radius 2 is 1.00 bits per heavy atom. The maximum absolute atomic E-state index is 5.27. The summed E-state index contributed by atoms with van der Waals surface area (Å²) < 4.78 is 0.